The van der Waals surface area contributed by atoms with Crippen LogP contribution in [0, 0.1) is 0 Å². The van der Waals surface area contributed by atoms with Gasteiger partial charge in [0.1, 0.15) is 0 Å². The molecule has 0 bridgehead atoms. The molecule has 0 spiro atoms. The molecule has 1 atom stereocenters. The molecule has 1 fully saturated rings. The maximum Gasteiger partial charge on any atom is 0.0961 e. The Balaban J connectivity index is 1.84. The van der Waals surface area contributed by atoms with Crippen molar-refractivity contribution in [1.82, 2.24) is 14.5 Å². The van der Waals surface area contributed by atoms with Gasteiger partial charge in [0.05, 0.1) is 17.4 Å². The normalized spacial score (nSPS) is 18.5. The number of imidazole rings is 1. The predicted molar refractivity (Wildman–Crippen MR) is 74.5 cm³/mol. The van der Waals surface area contributed by atoms with Crippen LogP contribution in [-0.4, -0.2) is 34.1 Å². The van der Waals surface area contributed by atoms with Crippen LogP contribution in [0.25, 0.3) is 11.0 Å². The maximum atomic E-state index is 5.78. The third-order valence-corrected chi connectivity index (χ3v) is 3.79. The summed E-state index contributed by atoms with van der Waals surface area (Å²) >= 11 is 0. The second-order valence-electron chi connectivity index (χ2n) is 5.26. The molecule has 2 N–H and O–H groups in total. The number of benzene rings is 1. The number of hydrogen-bond donors (Lipinski definition) is 1. The van der Waals surface area contributed by atoms with Crippen molar-refractivity contribution in [2.24, 2.45) is 0 Å². The van der Waals surface area contributed by atoms with E-state index in [1.54, 1.807) is 0 Å². The van der Waals surface area contributed by atoms with E-state index in [2.05, 4.69) is 27.4 Å². The van der Waals surface area contributed by atoms with Crippen LogP contribution >= 0.6 is 0 Å². The van der Waals surface area contributed by atoms with Gasteiger partial charge in [0.15, 0.2) is 0 Å². The molecule has 0 amide bonds. The van der Waals surface area contributed by atoms with Crippen LogP contribution in [0.1, 0.15) is 25.8 Å². The average Bonchev–Trinajstić information content (AvgIpc) is 2.97. The van der Waals surface area contributed by atoms with Gasteiger partial charge in [-0.2, -0.15) is 0 Å². The molecule has 1 aliphatic heterocycles. The van der Waals surface area contributed by atoms with Gasteiger partial charge >= 0.3 is 0 Å². The highest BCUT2D eigenvalue weighted by molar-refractivity contribution is 5.79. The first-order chi connectivity index (χ1) is 8.74. The van der Waals surface area contributed by atoms with E-state index < -0.39 is 0 Å². The van der Waals surface area contributed by atoms with E-state index in [-0.39, 0.29) is 0 Å². The number of hydrogen-bond acceptors (Lipinski definition) is 3. The number of likely N-dealkylation sites (tertiary alicyclic amines) is 1. The molecule has 1 aliphatic rings. The van der Waals surface area contributed by atoms with Crippen LogP contribution < -0.4 is 5.73 Å². The van der Waals surface area contributed by atoms with Crippen molar-refractivity contribution in [3.05, 3.63) is 24.5 Å². The van der Waals surface area contributed by atoms with Crippen molar-refractivity contribution >= 4 is 16.7 Å². The van der Waals surface area contributed by atoms with Gasteiger partial charge in [-0.1, -0.05) is 0 Å². The number of nitrogen functional groups attached to an aromatic ring is 1. The monoisotopic (exact) mass is 244 g/mol. The average molecular weight is 244 g/mol. The number of aromatic nitrogens is 2. The molecule has 2 heterocycles. The van der Waals surface area contributed by atoms with Gasteiger partial charge in [-0.05, 0) is 51.1 Å². The van der Waals surface area contributed by atoms with Gasteiger partial charge in [0.2, 0.25) is 0 Å². The molecule has 4 heteroatoms. The van der Waals surface area contributed by atoms with E-state index in [0.717, 1.165) is 17.7 Å². The third-order valence-electron chi connectivity index (χ3n) is 3.79. The van der Waals surface area contributed by atoms with Crippen LogP contribution in [-0.2, 0) is 0 Å². The lowest BCUT2D eigenvalue weighted by Crippen LogP contribution is -2.26. The van der Waals surface area contributed by atoms with Crippen molar-refractivity contribution in [3.63, 3.8) is 0 Å². The Morgan fingerprint density at radius 1 is 1.33 bits per heavy atom. The van der Waals surface area contributed by atoms with E-state index in [0.29, 0.717) is 6.04 Å². The van der Waals surface area contributed by atoms with Crippen LogP contribution in [0.15, 0.2) is 24.5 Å². The minimum absolute atomic E-state index is 0.455. The van der Waals surface area contributed by atoms with Crippen molar-refractivity contribution in [1.29, 1.82) is 0 Å². The molecular weight excluding hydrogens is 224 g/mol. The third kappa shape index (κ3) is 2.08. The summed E-state index contributed by atoms with van der Waals surface area (Å²) in [5.41, 5.74) is 8.73. The molecule has 0 saturated carbocycles. The summed E-state index contributed by atoms with van der Waals surface area (Å²) in [5.74, 6) is 0. The zero-order valence-electron chi connectivity index (χ0n) is 10.8. The van der Waals surface area contributed by atoms with Gasteiger partial charge in [-0.3, -0.25) is 0 Å². The van der Waals surface area contributed by atoms with Gasteiger partial charge in [-0.25, -0.2) is 4.98 Å². The fourth-order valence-electron chi connectivity index (χ4n) is 2.83. The van der Waals surface area contributed by atoms with Gasteiger partial charge < -0.3 is 15.2 Å². The zero-order chi connectivity index (χ0) is 12.5. The SMILES string of the molecule is CC(CN1CCCC1)n1cnc2cc(N)ccc21. The maximum absolute atomic E-state index is 5.78. The first-order valence-electron chi connectivity index (χ1n) is 6.68. The van der Waals surface area contributed by atoms with Crippen LogP contribution in [0.2, 0.25) is 0 Å². The fourth-order valence-corrected chi connectivity index (χ4v) is 2.83. The highest BCUT2D eigenvalue weighted by Gasteiger charge is 2.16. The second kappa shape index (κ2) is 4.61. The molecular formula is C14H20N4. The minimum atomic E-state index is 0.455. The number of fused-ring (bicyclic) bond motifs is 1. The molecule has 1 saturated heterocycles. The lowest BCUT2D eigenvalue weighted by molar-refractivity contribution is 0.290. The minimum Gasteiger partial charge on any atom is -0.399 e. The number of nitrogens with two attached hydrogens (primary N) is 1. The van der Waals surface area contributed by atoms with Crippen LogP contribution in [0.5, 0.6) is 0 Å². The van der Waals surface area contributed by atoms with Crippen molar-refractivity contribution in [2.45, 2.75) is 25.8 Å². The van der Waals surface area contributed by atoms with Crippen molar-refractivity contribution < 1.29 is 0 Å². The molecule has 1 aromatic heterocycles. The molecule has 1 aromatic carbocycles. The highest BCUT2D eigenvalue weighted by atomic mass is 15.2. The molecule has 0 aliphatic carbocycles. The molecule has 18 heavy (non-hydrogen) atoms. The predicted octanol–water partition coefficient (Wildman–Crippen LogP) is 2.28. The Hall–Kier alpha value is -1.55. The van der Waals surface area contributed by atoms with E-state index in [9.17, 15) is 0 Å². The Morgan fingerprint density at radius 3 is 2.89 bits per heavy atom. The Labute approximate surface area is 107 Å². The first-order valence-corrected chi connectivity index (χ1v) is 6.68. The molecule has 3 rings (SSSR count). The summed E-state index contributed by atoms with van der Waals surface area (Å²) in [6, 6.07) is 6.41. The molecule has 0 radical (unpaired) electrons. The number of anilines is 1. The van der Waals surface area contributed by atoms with Crippen LogP contribution in [0.3, 0.4) is 0 Å². The Bertz CT molecular complexity index is 540. The lowest BCUT2D eigenvalue weighted by Gasteiger charge is -2.21. The first kappa shape index (κ1) is 11.5. The summed E-state index contributed by atoms with van der Waals surface area (Å²) < 4.78 is 2.26. The number of rotatable bonds is 3. The Morgan fingerprint density at radius 2 is 2.11 bits per heavy atom. The van der Waals surface area contributed by atoms with Crippen LogP contribution in [0.4, 0.5) is 5.69 Å². The lowest BCUT2D eigenvalue weighted by atomic mass is 10.2. The fraction of sp³-hybridized carbons (Fsp3) is 0.500. The number of nitrogens with zero attached hydrogens (tertiary/aromatic N) is 3. The second-order valence-corrected chi connectivity index (χ2v) is 5.26. The van der Waals surface area contributed by atoms with E-state index in [1.165, 1.54) is 31.4 Å². The summed E-state index contributed by atoms with van der Waals surface area (Å²) in [6.07, 6.45) is 4.62. The Kier molecular flexibility index (Phi) is 2.96. The standard InChI is InChI=1S/C14H20N4/c1-11(9-17-6-2-3-7-17)18-10-16-13-8-12(15)4-5-14(13)18/h4-5,8,10-11H,2-3,6-7,9,15H2,1H3. The summed E-state index contributed by atoms with van der Waals surface area (Å²) in [7, 11) is 0. The molecule has 1 unspecified atom stereocenters. The van der Waals surface area contributed by atoms with Gasteiger partial charge in [0.25, 0.3) is 0 Å². The smallest absolute Gasteiger partial charge is 0.0961 e. The summed E-state index contributed by atoms with van der Waals surface area (Å²) in [5, 5.41) is 0. The van der Waals surface area contributed by atoms with Crippen molar-refractivity contribution in [2.75, 3.05) is 25.4 Å². The molecule has 96 valence electrons. The zero-order valence-corrected chi connectivity index (χ0v) is 10.8. The molecule has 2 aromatic rings. The van der Waals surface area contributed by atoms with Gasteiger partial charge in [0, 0.05) is 18.3 Å². The van der Waals surface area contributed by atoms with E-state index >= 15 is 0 Å². The largest absolute Gasteiger partial charge is 0.399 e. The van der Waals surface area contributed by atoms with E-state index in [4.69, 9.17) is 5.73 Å². The van der Waals surface area contributed by atoms with Crippen molar-refractivity contribution in [3.8, 4) is 0 Å². The topological polar surface area (TPSA) is 47.1 Å². The molecule has 4 nitrogen and oxygen atoms in total. The van der Waals surface area contributed by atoms with E-state index in [1.807, 2.05) is 18.5 Å². The summed E-state index contributed by atoms with van der Waals surface area (Å²) in [6.45, 7) is 5.85. The highest BCUT2D eigenvalue weighted by Crippen LogP contribution is 2.21. The van der Waals surface area contributed by atoms with Gasteiger partial charge in [-0.15, -0.1) is 0 Å². The quantitative estimate of drug-likeness (QED) is 0.843. The summed E-state index contributed by atoms with van der Waals surface area (Å²) in [4.78, 5) is 6.98.